The minimum atomic E-state index is 0.0177. The van der Waals surface area contributed by atoms with Gasteiger partial charge in [0.1, 0.15) is 0 Å². The Kier molecular flexibility index (Phi) is 1.98. The van der Waals surface area contributed by atoms with E-state index >= 15 is 0 Å². The monoisotopic (exact) mass is 251 g/mol. The fourth-order valence-electron chi connectivity index (χ4n) is 1.77. The maximum Gasteiger partial charge on any atom is 0.180 e. The molecule has 0 amide bonds. The highest BCUT2D eigenvalue weighted by molar-refractivity contribution is 7.19. The number of fused-ring (bicyclic) bond motifs is 3. The van der Waals surface area contributed by atoms with Gasteiger partial charge in [-0.15, -0.1) is 22.7 Å². The molecule has 0 aromatic carbocycles. The maximum atomic E-state index is 7.39. The van der Waals surface area contributed by atoms with Gasteiger partial charge in [-0.3, -0.25) is 5.41 Å². The minimum Gasteiger partial charge on any atom is -0.382 e. The maximum absolute atomic E-state index is 7.39. The van der Waals surface area contributed by atoms with Crippen LogP contribution in [0.3, 0.4) is 0 Å². The molecule has 5 nitrogen and oxygen atoms in total. The summed E-state index contributed by atoms with van der Waals surface area (Å²) in [7, 11) is 0. The molecule has 2 heterocycles. The van der Waals surface area contributed by atoms with E-state index in [0.29, 0.717) is 10.1 Å². The summed E-state index contributed by atoms with van der Waals surface area (Å²) < 4.78 is 0. The second-order valence-corrected chi connectivity index (χ2v) is 5.65. The quantitative estimate of drug-likeness (QED) is 0.524. The third-order valence-corrected chi connectivity index (χ3v) is 4.53. The first kappa shape index (κ1) is 9.73. The highest BCUT2D eigenvalue weighted by Crippen LogP contribution is 2.40. The van der Waals surface area contributed by atoms with Crippen LogP contribution >= 0.6 is 22.7 Å². The van der Waals surface area contributed by atoms with Crippen LogP contribution in [0.5, 0.6) is 0 Å². The van der Waals surface area contributed by atoms with Crippen molar-refractivity contribution in [2.24, 2.45) is 5.73 Å². The zero-order valence-corrected chi connectivity index (χ0v) is 9.91. The molecule has 2 aromatic rings. The molecule has 82 valence electrons. The lowest BCUT2D eigenvalue weighted by atomic mass is 10.1. The number of nitrogens with one attached hydrogen (secondary N) is 1. The number of hydrogen-bond donors (Lipinski definition) is 3. The van der Waals surface area contributed by atoms with Crippen molar-refractivity contribution in [2.75, 3.05) is 5.73 Å². The smallest absolute Gasteiger partial charge is 0.180 e. The van der Waals surface area contributed by atoms with Gasteiger partial charge < -0.3 is 11.5 Å². The molecule has 0 unspecified atom stereocenters. The molecule has 0 saturated heterocycles. The highest BCUT2D eigenvalue weighted by atomic mass is 32.1. The molecule has 2 aromatic heterocycles. The van der Waals surface area contributed by atoms with Crippen molar-refractivity contribution in [3.8, 4) is 10.6 Å². The summed E-state index contributed by atoms with van der Waals surface area (Å²) in [5, 5.41) is 8.56. The topological polar surface area (TPSA) is 102 Å². The van der Waals surface area contributed by atoms with Gasteiger partial charge in [0, 0.05) is 4.88 Å². The Morgan fingerprint density at radius 2 is 2.06 bits per heavy atom. The Morgan fingerprint density at radius 1 is 1.25 bits per heavy atom. The lowest BCUT2D eigenvalue weighted by Crippen LogP contribution is -2.10. The number of aromatic nitrogens is 2. The predicted molar refractivity (Wildman–Crippen MR) is 66.1 cm³/mol. The number of nitrogen functional groups attached to an aromatic ring is 2. The van der Waals surface area contributed by atoms with Gasteiger partial charge in [-0.1, -0.05) is 0 Å². The summed E-state index contributed by atoms with van der Waals surface area (Å²) in [4.78, 5) is 10.9. The van der Waals surface area contributed by atoms with E-state index in [2.05, 4.69) is 9.97 Å². The SMILES string of the molecule is N=C(N)c1nc2c(s1)-c1nc(N)sc1CC2. The van der Waals surface area contributed by atoms with E-state index in [4.69, 9.17) is 16.9 Å². The van der Waals surface area contributed by atoms with Crippen molar-refractivity contribution in [3.05, 3.63) is 15.6 Å². The van der Waals surface area contributed by atoms with Crippen LogP contribution in [0.15, 0.2) is 0 Å². The number of hydrogen-bond acceptors (Lipinski definition) is 6. The first-order valence-corrected chi connectivity index (χ1v) is 6.38. The number of nitrogens with zero attached hydrogens (tertiary/aromatic N) is 2. The van der Waals surface area contributed by atoms with Gasteiger partial charge >= 0.3 is 0 Å². The average molecular weight is 251 g/mol. The fraction of sp³-hybridized carbons (Fsp3) is 0.222. The number of amidine groups is 1. The zero-order chi connectivity index (χ0) is 11.3. The van der Waals surface area contributed by atoms with Crippen molar-refractivity contribution >= 4 is 33.6 Å². The Morgan fingerprint density at radius 3 is 2.81 bits per heavy atom. The lowest BCUT2D eigenvalue weighted by Gasteiger charge is -2.07. The first-order chi connectivity index (χ1) is 7.65. The molecule has 0 bridgehead atoms. The van der Waals surface area contributed by atoms with E-state index in [1.54, 1.807) is 0 Å². The van der Waals surface area contributed by atoms with E-state index in [1.165, 1.54) is 27.6 Å². The number of nitrogens with two attached hydrogens (primary N) is 2. The van der Waals surface area contributed by atoms with Gasteiger partial charge in [-0.05, 0) is 12.8 Å². The van der Waals surface area contributed by atoms with Gasteiger partial charge in [0.05, 0.1) is 16.3 Å². The van der Waals surface area contributed by atoms with Crippen molar-refractivity contribution in [1.29, 1.82) is 5.41 Å². The molecule has 5 N–H and O–H groups in total. The molecular weight excluding hydrogens is 242 g/mol. The van der Waals surface area contributed by atoms with Gasteiger partial charge in [0.15, 0.2) is 16.0 Å². The van der Waals surface area contributed by atoms with Crippen LogP contribution in [0, 0.1) is 5.41 Å². The number of aryl methyl sites for hydroxylation is 2. The summed E-state index contributed by atoms with van der Waals surface area (Å²) in [5.41, 5.74) is 13.1. The van der Waals surface area contributed by atoms with Crippen LogP contribution in [-0.2, 0) is 12.8 Å². The molecule has 1 aliphatic carbocycles. The first-order valence-electron chi connectivity index (χ1n) is 4.75. The second-order valence-electron chi connectivity index (χ2n) is 3.53. The molecule has 0 atom stereocenters. The summed E-state index contributed by atoms with van der Waals surface area (Å²) in [5.74, 6) is 0.0177. The Hall–Kier alpha value is -1.47. The van der Waals surface area contributed by atoms with E-state index in [1.807, 2.05) is 0 Å². The number of anilines is 1. The zero-order valence-electron chi connectivity index (χ0n) is 8.28. The Bertz CT molecular complexity index is 583. The minimum absolute atomic E-state index is 0.0177. The van der Waals surface area contributed by atoms with E-state index in [9.17, 15) is 0 Å². The molecule has 0 radical (unpaired) electrons. The van der Waals surface area contributed by atoms with Gasteiger partial charge in [0.25, 0.3) is 0 Å². The van der Waals surface area contributed by atoms with Crippen LogP contribution in [0.25, 0.3) is 10.6 Å². The van der Waals surface area contributed by atoms with Crippen LogP contribution in [0.1, 0.15) is 15.6 Å². The highest BCUT2D eigenvalue weighted by Gasteiger charge is 2.24. The Labute approximate surface area is 99.7 Å². The van der Waals surface area contributed by atoms with E-state index in [-0.39, 0.29) is 5.84 Å². The van der Waals surface area contributed by atoms with Crippen LogP contribution in [0.2, 0.25) is 0 Å². The van der Waals surface area contributed by atoms with Crippen molar-refractivity contribution in [3.63, 3.8) is 0 Å². The molecular formula is C9H9N5S2. The standard InChI is InChI=1S/C9H9N5S2/c10-7(11)8-13-3-1-2-4-5(6(3)16-8)14-9(12)15-4/h1-2H2,(H3,10,11)(H2,12,14). The number of thiazole rings is 2. The lowest BCUT2D eigenvalue weighted by molar-refractivity contribution is 0.920. The molecule has 1 aliphatic rings. The molecule has 0 spiro atoms. The van der Waals surface area contributed by atoms with Crippen molar-refractivity contribution < 1.29 is 0 Å². The summed E-state index contributed by atoms with van der Waals surface area (Å²) >= 11 is 2.96. The molecule has 0 aliphatic heterocycles. The third-order valence-electron chi connectivity index (χ3n) is 2.45. The normalized spacial score (nSPS) is 13.2. The van der Waals surface area contributed by atoms with E-state index < -0.39 is 0 Å². The second kappa shape index (κ2) is 3.26. The fourth-order valence-corrected chi connectivity index (χ4v) is 3.66. The van der Waals surface area contributed by atoms with Crippen LogP contribution < -0.4 is 11.5 Å². The van der Waals surface area contributed by atoms with Crippen molar-refractivity contribution in [1.82, 2.24) is 9.97 Å². The van der Waals surface area contributed by atoms with Gasteiger partial charge in [0.2, 0.25) is 0 Å². The molecule has 16 heavy (non-hydrogen) atoms. The van der Waals surface area contributed by atoms with Crippen LogP contribution in [-0.4, -0.2) is 15.8 Å². The summed E-state index contributed by atoms with van der Waals surface area (Å²) in [6, 6.07) is 0. The van der Waals surface area contributed by atoms with Gasteiger partial charge in [-0.2, -0.15) is 0 Å². The molecule has 0 fully saturated rings. The van der Waals surface area contributed by atoms with Crippen LogP contribution in [0.4, 0.5) is 5.13 Å². The van der Waals surface area contributed by atoms with Crippen molar-refractivity contribution in [2.45, 2.75) is 12.8 Å². The summed E-state index contributed by atoms with van der Waals surface area (Å²) in [6.45, 7) is 0. The number of rotatable bonds is 1. The van der Waals surface area contributed by atoms with E-state index in [0.717, 1.165) is 29.1 Å². The molecule has 3 rings (SSSR count). The largest absolute Gasteiger partial charge is 0.382 e. The Balaban J connectivity index is 2.19. The predicted octanol–water partition coefficient (Wildman–Crippen LogP) is 1.23. The average Bonchev–Trinajstić information content (AvgIpc) is 2.77. The molecule has 7 heteroatoms. The third kappa shape index (κ3) is 1.32. The summed E-state index contributed by atoms with van der Waals surface area (Å²) in [6.07, 6.45) is 1.81. The molecule has 0 saturated carbocycles. The van der Waals surface area contributed by atoms with Gasteiger partial charge in [-0.25, -0.2) is 9.97 Å².